The quantitative estimate of drug-likeness (QED) is 0.560. The molecule has 162 valence electrons. The Morgan fingerprint density at radius 3 is 2.35 bits per heavy atom. The lowest BCUT2D eigenvalue weighted by Crippen LogP contribution is -2.21. The highest BCUT2D eigenvalue weighted by Gasteiger charge is 2.39. The average Bonchev–Trinajstić information content (AvgIpc) is 3.06. The molecular formula is C19H16F5N7. The van der Waals surface area contributed by atoms with Gasteiger partial charge in [-0.05, 0) is 30.7 Å². The molecule has 0 aromatic carbocycles. The van der Waals surface area contributed by atoms with E-state index in [2.05, 4.69) is 35.6 Å². The van der Waals surface area contributed by atoms with Crippen LogP contribution in [0.3, 0.4) is 0 Å². The lowest BCUT2D eigenvalue weighted by atomic mass is 10.2. The molecule has 1 fully saturated rings. The summed E-state index contributed by atoms with van der Waals surface area (Å²) in [6.45, 7) is 0. The number of nitrogens with zero attached hydrogens (tertiary/aromatic N) is 5. The second-order valence-corrected chi connectivity index (χ2v) is 7.01. The molecule has 0 aliphatic heterocycles. The van der Waals surface area contributed by atoms with Crippen LogP contribution >= 0.6 is 0 Å². The fourth-order valence-electron chi connectivity index (χ4n) is 3.15. The molecule has 1 aliphatic carbocycles. The number of nitrogens with one attached hydrogen (secondary N) is 2. The lowest BCUT2D eigenvalue weighted by molar-refractivity contribution is -0.141. The third-order valence-corrected chi connectivity index (χ3v) is 4.58. The highest BCUT2D eigenvalue weighted by molar-refractivity contribution is 5.58. The fraction of sp³-hybridized carbons (Fsp3) is 0.316. The fourth-order valence-corrected chi connectivity index (χ4v) is 3.15. The number of aromatic nitrogens is 5. The molecule has 3 aromatic heterocycles. The molecule has 3 heterocycles. The van der Waals surface area contributed by atoms with Crippen molar-refractivity contribution in [3.8, 4) is 11.5 Å². The van der Waals surface area contributed by atoms with Gasteiger partial charge in [0.15, 0.2) is 5.82 Å². The molecule has 0 spiro atoms. The number of halogens is 5. The second-order valence-electron chi connectivity index (χ2n) is 7.01. The Morgan fingerprint density at radius 2 is 1.68 bits per heavy atom. The van der Waals surface area contributed by atoms with Gasteiger partial charge in [-0.15, -0.1) is 0 Å². The van der Waals surface area contributed by atoms with Gasteiger partial charge < -0.3 is 10.6 Å². The highest BCUT2D eigenvalue weighted by Crippen LogP contribution is 2.36. The van der Waals surface area contributed by atoms with Crippen molar-refractivity contribution < 1.29 is 22.0 Å². The van der Waals surface area contributed by atoms with E-state index in [-0.39, 0.29) is 42.7 Å². The van der Waals surface area contributed by atoms with Crippen molar-refractivity contribution >= 4 is 17.6 Å². The van der Waals surface area contributed by atoms with Gasteiger partial charge in [-0.2, -0.15) is 28.1 Å². The summed E-state index contributed by atoms with van der Waals surface area (Å²) in [6.07, 6.45) is -2.03. The van der Waals surface area contributed by atoms with E-state index in [0.717, 1.165) is 6.07 Å². The summed E-state index contributed by atoms with van der Waals surface area (Å²) in [4.78, 5) is 19.9. The zero-order valence-corrected chi connectivity index (χ0v) is 15.9. The zero-order valence-electron chi connectivity index (χ0n) is 15.9. The average molecular weight is 437 g/mol. The number of anilines is 3. The SMILES string of the molecule is FC1(F)CCC(Nc2nc(Nc3ccncc3)nc(-c3cccc(C(F)(F)F)n3)n2)C1. The van der Waals surface area contributed by atoms with Gasteiger partial charge in [-0.3, -0.25) is 4.98 Å². The second kappa shape index (κ2) is 8.00. The van der Waals surface area contributed by atoms with Crippen molar-refractivity contribution in [1.82, 2.24) is 24.9 Å². The van der Waals surface area contributed by atoms with Crippen LogP contribution in [0.5, 0.6) is 0 Å². The largest absolute Gasteiger partial charge is 0.433 e. The number of pyridine rings is 2. The molecule has 0 bridgehead atoms. The van der Waals surface area contributed by atoms with Crippen LogP contribution in [-0.4, -0.2) is 36.9 Å². The van der Waals surface area contributed by atoms with Gasteiger partial charge in [-0.25, -0.2) is 13.8 Å². The molecule has 3 aromatic rings. The van der Waals surface area contributed by atoms with Gasteiger partial charge in [0.25, 0.3) is 0 Å². The molecule has 1 unspecified atom stereocenters. The Labute approximate surface area is 173 Å². The van der Waals surface area contributed by atoms with E-state index >= 15 is 0 Å². The van der Waals surface area contributed by atoms with Gasteiger partial charge >= 0.3 is 6.18 Å². The van der Waals surface area contributed by atoms with Crippen molar-refractivity contribution in [1.29, 1.82) is 0 Å². The van der Waals surface area contributed by atoms with E-state index in [1.165, 1.54) is 24.5 Å². The normalized spacial score (nSPS) is 18.0. The van der Waals surface area contributed by atoms with Crippen molar-refractivity contribution in [3.05, 3.63) is 48.4 Å². The van der Waals surface area contributed by atoms with Crippen molar-refractivity contribution in [2.75, 3.05) is 10.6 Å². The maximum atomic E-state index is 13.5. The minimum Gasteiger partial charge on any atom is -0.351 e. The monoisotopic (exact) mass is 437 g/mol. The smallest absolute Gasteiger partial charge is 0.351 e. The third kappa shape index (κ3) is 5.19. The van der Waals surface area contributed by atoms with Crippen LogP contribution in [0.2, 0.25) is 0 Å². The first-order valence-electron chi connectivity index (χ1n) is 9.30. The zero-order chi connectivity index (χ0) is 22.1. The van der Waals surface area contributed by atoms with E-state index in [1.54, 1.807) is 12.1 Å². The van der Waals surface area contributed by atoms with E-state index in [9.17, 15) is 22.0 Å². The molecule has 1 atom stereocenters. The minimum absolute atomic E-state index is 0.0164. The molecule has 2 N–H and O–H groups in total. The molecule has 31 heavy (non-hydrogen) atoms. The first-order chi connectivity index (χ1) is 14.7. The number of alkyl halides is 5. The standard InChI is InChI=1S/C19H16F5N7/c20-18(21)7-4-12(10-18)27-17-30-15(13-2-1-3-14(28-13)19(22,23)24)29-16(31-17)26-11-5-8-25-9-6-11/h1-3,5-6,8-9,12H,4,7,10H2,(H2,25,26,27,29,30,31). The van der Waals surface area contributed by atoms with Crippen molar-refractivity contribution in [3.63, 3.8) is 0 Å². The predicted octanol–water partition coefficient (Wildman–Crippen LogP) is 4.69. The topological polar surface area (TPSA) is 88.5 Å². The molecular weight excluding hydrogens is 421 g/mol. The van der Waals surface area contributed by atoms with Crippen LogP contribution in [0.4, 0.5) is 39.5 Å². The minimum atomic E-state index is -4.64. The van der Waals surface area contributed by atoms with E-state index in [0.29, 0.717) is 5.69 Å². The van der Waals surface area contributed by atoms with Crippen LogP contribution < -0.4 is 10.6 Å². The molecule has 0 saturated heterocycles. The van der Waals surface area contributed by atoms with Gasteiger partial charge in [0, 0.05) is 37.0 Å². The summed E-state index contributed by atoms with van der Waals surface area (Å²) >= 11 is 0. The van der Waals surface area contributed by atoms with Crippen LogP contribution in [0, 0.1) is 0 Å². The van der Waals surface area contributed by atoms with Gasteiger partial charge in [0.05, 0.1) is 0 Å². The number of hydrogen-bond acceptors (Lipinski definition) is 7. The molecule has 0 radical (unpaired) electrons. The predicted molar refractivity (Wildman–Crippen MR) is 102 cm³/mol. The summed E-state index contributed by atoms with van der Waals surface area (Å²) in [5.41, 5.74) is -0.656. The molecule has 7 nitrogen and oxygen atoms in total. The van der Waals surface area contributed by atoms with Gasteiger partial charge in [0.1, 0.15) is 11.4 Å². The van der Waals surface area contributed by atoms with Gasteiger partial charge in [-0.1, -0.05) is 6.07 Å². The van der Waals surface area contributed by atoms with E-state index in [4.69, 9.17) is 0 Å². The Hall–Kier alpha value is -3.44. The number of hydrogen-bond donors (Lipinski definition) is 2. The van der Waals surface area contributed by atoms with Crippen LogP contribution in [0.1, 0.15) is 25.0 Å². The Kier molecular flexibility index (Phi) is 5.38. The van der Waals surface area contributed by atoms with E-state index < -0.39 is 23.8 Å². The van der Waals surface area contributed by atoms with E-state index in [1.807, 2.05) is 0 Å². The molecule has 12 heteroatoms. The lowest BCUT2D eigenvalue weighted by Gasteiger charge is -2.15. The summed E-state index contributed by atoms with van der Waals surface area (Å²) < 4.78 is 66.2. The summed E-state index contributed by atoms with van der Waals surface area (Å²) in [5, 5.41) is 5.73. The van der Waals surface area contributed by atoms with Crippen LogP contribution in [0.15, 0.2) is 42.7 Å². The molecule has 1 aliphatic rings. The Balaban J connectivity index is 1.69. The summed E-state index contributed by atoms with van der Waals surface area (Å²) in [5.74, 6) is -2.94. The van der Waals surface area contributed by atoms with Crippen molar-refractivity contribution in [2.45, 2.75) is 37.4 Å². The van der Waals surface area contributed by atoms with Crippen LogP contribution in [0.25, 0.3) is 11.5 Å². The Morgan fingerprint density at radius 1 is 0.935 bits per heavy atom. The first-order valence-corrected chi connectivity index (χ1v) is 9.30. The highest BCUT2D eigenvalue weighted by atomic mass is 19.4. The molecule has 1 saturated carbocycles. The van der Waals surface area contributed by atoms with Gasteiger partial charge in [0.2, 0.25) is 17.8 Å². The van der Waals surface area contributed by atoms with Crippen molar-refractivity contribution in [2.24, 2.45) is 0 Å². The maximum absolute atomic E-state index is 13.5. The molecule has 4 rings (SSSR count). The maximum Gasteiger partial charge on any atom is 0.433 e. The van der Waals surface area contributed by atoms with Crippen LogP contribution in [-0.2, 0) is 6.18 Å². The third-order valence-electron chi connectivity index (χ3n) is 4.58. The molecule has 0 amide bonds. The summed E-state index contributed by atoms with van der Waals surface area (Å²) in [6, 6.07) is 6.05. The Bertz CT molecular complexity index is 1060. The first kappa shape index (κ1) is 20.8. The number of rotatable bonds is 5. The summed E-state index contributed by atoms with van der Waals surface area (Å²) in [7, 11) is 0.